The minimum Gasteiger partial charge on any atom is -0.333 e. The van der Waals surface area contributed by atoms with Crippen LogP contribution < -0.4 is 5.73 Å². The number of nitrogens with two attached hydrogens (primary N) is 1. The van der Waals surface area contributed by atoms with Gasteiger partial charge in [-0.1, -0.05) is 12.8 Å². The summed E-state index contributed by atoms with van der Waals surface area (Å²) in [4.78, 5) is 13.7. The fourth-order valence-corrected chi connectivity index (χ4v) is 3.01. The first-order chi connectivity index (χ1) is 12.2. The number of aromatic nitrogens is 5. The first-order valence-electron chi connectivity index (χ1n) is 8.85. The highest BCUT2D eigenvalue weighted by atomic mass is 15.1. The molecule has 3 aromatic heterocycles. The lowest BCUT2D eigenvalue weighted by atomic mass is 10.0. The molecular weight excluding hydrogens is 312 g/mol. The number of pyridine rings is 1. The van der Waals surface area contributed by atoms with Gasteiger partial charge in [0.25, 0.3) is 0 Å². The third kappa shape index (κ3) is 4.14. The smallest absolute Gasteiger partial charge is 0.158 e. The molecule has 0 aliphatic carbocycles. The molecule has 2 N–H and O–H groups in total. The molecule has 0 bridgehead atoms. The fourth-order valence-electron chi connectivity index (χ4n) is 3.01. The summed E-state index contributed by atoms with van der Waals surface area (Å²) in [6.07, 6.45) is 13.2. The molecule has 0 fully saturated rings. The van der Waals surface area contributed by atoms with E-state index in [0.29, 0.717) is 0 Å². The highest BCUT2D eigenvalue weighted by molar-refractivity contribution is 5.60. The number of hydrogen-bond acceptors (Lipinski definition) is 4. The molecule has 0 unspecified atom stereocenters. The van der Waals surface area contributed by atoms with Crippen molar-refractivity contribution < 1.29 is 0 Å². The van der Waals surface area contributed by atoms with Crippen molar-refractivity contribution in [3.63, 3.8) is 0 Å². The Bertz CT molecular complexity index is 758. The summed E-state index contributed by atoms with van der Waals surface area (Å²) in [6.45, 7) is 0.780. The molecule has 0 radical (unpaired) electrons. The second-order valence-electron chi connectivity index (χ2n) is 6.42. The zero-order chi connectivity index (χ0) is 17.6. The summed E-state index contributed by atoms with van der Waals surface area (Å²) >= 11 is 0. The Morgan fingerprint density at radius 2 is 1.40 bits per heavy atom. The second kappa shape index (κ2) is 8.07. The molecule has 0 saturated heterocycles. The molecule has 0 atom stereocenters. The monoisotopic (exact) mass is 338 g/mol. The van der Waals surface area contributed by atoms with E-state index in [4.69, 9.17) is 10.7 Å². The van der Waals surface area contributed by atoms with Crippen molar-refractivity contribution in [2.45, 2.75) is 32.1 Å². The molecule has 0 aliphatic rings. The minimum absolute atomic E-state index is 0.780. The van der Waals surface area contributed by atoms with Crippen molar-refractivity contribution in [2.75, 3.05) is 6.54 Å². The zero-order valence-corrected chi connectivity index (χ0v) is 15.0. The Kier molecular flexibility index (Phi) is 5.60. The van der Waals surface area contributed by atoms with Gasteiger partial charge in [-0.2, -0.15) is 0 Å². The van der Waals surface area contributed by atoms with Crippen LogP contribution in [0.25, 0.3) is 23.0 Å². The third-order valence-electron chi connectivity index (χ3n) is 4.41. The standard InChI is InChI=1S/C19H26N6/c1-24-11-9-21-18(24)16-13-15(7-5-3-4-6-8-20)14-17(23-16)19-22-10-12-25(19)2/h9-14H,3-8,20H2,1-2H3. The lowest BCUT2D eigenvalue weighted by Gasteiger charge is -2.09. The van der Waals surface area contributed by atoms with Crippen LogP contribution in [0, 0.1) is 0 Å². The molecule has 25 heavy (non-hydrogen) atoms. The molecule has 0 aromatic carbocycles. The van der Waals surface area contributed by atoms with Crippen LogP contribution in [0.2, 0.25) is 0 Å². The van der Waals surface area contributed by atoms with Gasteiger partial charge in [-0.25, -0.2) is 15.0 Å². The quantitative estimate of drug-likeness (QED) is 0.641. The van der Waals surface area contributed by atoms with Gasteiger partial charge < -0.3 is 14.9 Å². The summed E-state index contributed by atoms with van der Waals surface area (Å²) in [7, 11) is 3.98. The van der Waals surface area contributed by atoms with Crippen LogP contribution in [-0.2, 0) is 20.5 Å². The molecule has 0 saturated carbocycles. The van der Waals surface area contributed by atoms with Crippen molar-refractivity contribution in [3.05, 3.63) is 42.5 Å². The van der Waals surface area contributed by atoms with Gasteiger partial charge in [0.15, 0.2) is 11.6 Å². The van der Waals surface area contributed by atoms with Crippen molar-refractivity contribution in [1.82, 2.24) is 24.1 Å². The first kappa shape index (κ1) is 17.4. The first-order valence-corrected chi connectivity index (χ1v) is 8.85. The molecular formula is C19H26N6. The summed E-state index contributed by atoms with van der Waals surface area (Å²) in [5, 5.41) is 0. The van der Waals surface area contributed by atoms with Crippen LogP contribution in [-0.4, -0.2) is 30.6 Å². The van der Waals surface area contributed by atoms with E-state index in [1.807, 2.05) is 35.6 Å². The number of aryl methyl sites for hydroxylation is 3. The normalized spacial score (nSPS) is 11.2. The van der Waals surface area contributed by atoms with E-state index >= 15 is 0 Å². The number of unbranched alkanes of at least 4 members (excludes halogenated alkanes) is 3. The van der Waals surface area contributed by atoms with Crippen molar-refractivity contribution in [1.29, 1.82) is 0 Å². The molecule has 0 amide bonds. The average molecular weight is 338 g/mol. The Morgan fingerprint density at radius 3 is 1.88 bits per heavy atom. The zero-order valence-electron chi connectivity index (χ0n) is 15.0. The third-order valence-corrected chi connectivity index (χ3v) is 4.41. The van der Waals surface area contributed by atoms with Gasteiger partial charge in [0, 0.05) is 38.9 Å². The summed E-state index contributed by atoms with van der Waals surface area (Å²) in [6, 6.07) is 4.30. The fraction of sp³-hybridized carbons (Fsp3) is 0.421. The maximum absolute atomic E-state index is 5.57. The lowest BCUT2D eigenvalue weighted by molar-refractivity contribution is 0.646. The van der Waals surface area contributed by atoms with Gasteiger partial charge >= 0.3 is 0 Å². The lowest BCUT2D eigenvalue weighted by Crippen LogP contribution is -2.01. The Morgan fingerprint density at radius 1 is 0.840 bits per heavy atom. The van der Waals surface area contributed by atoms with Gasteiger partial charge in [0.2, 0.25) is 0 Å². The van der Waals surface area contributed by atoms with Crippen LogP contribution in [0.1, 0.15) is 31.2 Å². The van der Waals surface area contributed by atoms with E-state index in [1.165, 1.54) is 18.4 Å². The van der Waals surface area contributed by atoms with E-state index in [0.717, 1.165) is 48.8 Å². The van der Waals surface area contributed by atoms with Crippen molar-refractivity contribution >= 4 is 0 Å². The van der Waals surface area contributed by atoms with Gasteiger partial charge in [-0.15, -0.1) is 0 Å². The predicted molar refractivity (Wildman–Crippen MR) is 99.9 cm³/mol. The van der Waals surface area contributed by atoms with Crippen LogP contribution in [0.5, 0.6) is 0 Å². The number of nitrogens with zero attached hydrogens (tertiary/aromatic N) is 5. The molecule has 3 aromatic rings. The van der Waals surface area contributed by atoms with Gasteiger partial charge in [0.05, 0.1) is 0 Å². The van der Waals surface area contributed by atoms with E-state index in [9.17, 15) is 0 Å². The summed E-state index contributed by atoms with van der Waals surface area (Å²) < 4.78 is 3.99. The van der Waals surface area contributed by atoms with Crippen molar-refractivity contribution in [3.8, 4) is 23.0 Å². The van der Waals surface area contributed by atoms with E-state index in [-0.39, 0.29) is 0 Å². The molecule has 6 nitrogen and oxygen atoms in total. The predicted octanol–water partition coefficient (Wildman–Crippen LogP) is 2.94. The minimum atomic E-state index is 0.780. The summed E-state index contributed by atoms with van der Waals surface area (Å²) in [5.41, 5.74) is 8.64. The van der Waals surface area contributed by atoms with Gasteiger partial charge in [-0.05, 0) is 43.5 Å². The average Bonchev–Trinajstić information content (AvgIpc) is 3.22. The Balaban J connectivity index is 1.89. The molecule has 132 valence electrons. The van der Waals surface area contributed by atoms with E-state index < -0.39 is 0 Å². The number of rotatable bonds is 8. The van der Waals surface area contributed by atoms with Gasteiger partial charge in [0.1, 0.15) is 11.4 Å². The molecule has 0 spiro atoms. The highest BCUT2D eigenvalue weighted by Crippen LogP contribution is 2.23. The Hall–Kier alpha value is -2.47. The molecule has 3 heterocycles. The second-order valence-corrected chi connectivity index (χ2v) is 6.42. The van der Waals surface area contributed by atoms with E-state index in [1.54, 1.807) is 12.4 Å². The van der Waals surface area contributed by atoms with Crippen LogP contribution >= 0.6 is 0 Å². The number of hydrogen-bond donors (Lipinski definition) is 1. The Labute approximate surface area is 148 Å². The molecule has 0 aliphatic heterocycles. The molecule has 6 heteroatoms. The van der Waals surface area contributed by atoms with Gasteiger partial charge in [-0.3, -0.25) is 0 Å². The summed E-state index contributed by atoms with van der Waals surface area (Å²) in [5.74, 6) is 1.75. The maximum atomic E-state index is 5.57. The van der Waals surface area contributed by atoms with E-state index in [2.05, 4.69) is 22.1 Å². The topological polar surface area (TPSA) is 74.6 Å². The van der Waals surface area contributed by atoms with Crippen LogP contribution in [0.4, 0.5) is 0 Å². The SMILES string of the molecule is Cn1ccnc1-c1cc(CCCCCCN)cc(-c2nccn2C)n1. The van der Waals surface area contributed by atoms with Crippen LogP contribution in [0.3, 0.4) is 0 Å². The van der Waals surface area contributed by atoms with Crippen molar-refractivity contribution in [2.24, 2.45) is 19.8 Å². The van der Waals surface area contributed by atoms with Crippen LogP contribution in [0.15, 0.2) is 36.9 Å². The maximum Gasteiger partial charge on any atom is 0.158 e. The largest absolute Gasteiger partial charge is 0.333 e. The number of imidazole rings is 2. The molecule has 3 rings (SSSR count). The highest BCUT2D eigenvalue weighted by Gasteiger charge is 2.12.